The highest BCUT2D eigenvalue weighted by atomic mass is 32.2. The van der Waals surface area contributed by atoms with E-state index < -0.39 is 21.7 Å². The minimum absolute atomic E-state index is 0.114. The number of amides is 1. The lowest BCUT2D eigenvalue weighted by Crippen LogP contribution is -2.63. The highest BCUT2D eigenvalue weighted by molar-refractivity contribution is 7.88. The largest absolute Gasteiger partial charge is 0.389 e. The van der Waals surface area contributed by atoms with Crippen molar-refractivity contribution in [3.05, 3.63) is 35.4 Å². The van der Waals surface area contributed by atoms with Gasteiger partial charge in [0.1, 0.15) is 0 Å². The first-order valence-electron chi connectivity index (χ1n) is 8.26. The van der Waals surface area contributed by atoms with Crippen LogP contribution in [-0.4, -0.2) is 66.2 Å². The number of likely N-dealkylation sites (tertiary alicyclic amines) is 1. The molecule has 0 radical (unpaired) electrons. The third-order valence-electron chi connectivity index (χ3n) is 5.25. The lowest BCUT2D eigenvalue weighted by Gasteiger charge is -2.47. The van der Waals surface area contributed by atoms with Gasteiger partial charge in [0.25, 0.3) is 5.91 Å². The fourth-order valence-corrected chi connectivity index (χ4v) is 5.49. The monoisotopic (exact) mass is 352 g/mol. The second-order valence-corrected chi connectivity index (χ2v) is 8.84. The van der Waals surface area contributed by atoms with E-state index in [9.17, 15) is 18.3 Å². The fourth-order valence-electron chi connectivity index (χ4n) is 4.07. The average molecular weight is 352 g/mol. The molecule has 2 atom stereocenters. The molecule has 1 aromatic carbocycles. The molecule has 132 valence electrons. The summed E-state index contributed by atoms with van der Waals surface area (Å²) < 4.78 is 25.6. The number of carbonyl (C=O) groups excluding carboxylic acids is 1. The molecule has 0 saturated carbocycles. The Morgan fingerprint density at radius 3 is 2.67 bits per heavy atom. The molecule has 1 amide bonds. The fraction of sp³-hybridized carbons (Fsp3) is 0.588. The first kappa shape index (κ1) is 17.4. The van der Waals surface area contributed by atoms with Crippen LogP contribution in [-0.2, 0) is 10.0 Å². The van der Waals surface area contributed by atoms with Gasteiger partial charge in [-0.25, -0.2) is 8.42 Å². The highest BCUT2D eigenvalue weighted by Gasteiger charge is 2.53. The molecule has 2 fully saturated rings. The van der Waals surface area contributed by atoms with Crippen LogP contribution in [0.3, 0.4) is 0 Å². The van der Waals surface area contributed by atoms with E-state index in [4.69, 9.17) is 0 Å². The summed E-state index contributed by atoms with van der Waals surface area (Å²) in [6.45, 7) is 3.00. The standard InChI is InChI=1S/C17H24N2O4S/c1-13-5-3-6-14(11-13)16(21)18-10-8-17(15(20)12-18)7-4-9-19(17)24(2,22)23/h3,5-6,11,15,20H,4,7-10,12H2,1-2H3/t15-,17-/m0/s1. The number of sulfonamides is 1. The number of aliphatic hydroxyl groups excluding tert-OH is 1. The summed E-state index contributed by atoms with van der Waals surface area (Å²) >= 11 is 0. The zero-order chi connectivity index (χ0) is 17.5. The Kier molecular flexibility index (Phi) is 4.44. The first-order chi connectivity index (χ1) is 11.2. The van der Waals surface area contributed by atoms with Crippen LogP contribution in [0.5, 0.6) is 0 Å². The van der Waals surface area contributed by atoms with Gasteiger partial charge in [-0.2, -0.15) is 4.31 Å². The second kappa shape index (κ2) is 6.13. The number of piperidine rings is 1. The molecule has 0 bridgehead atoms. The van der Waals surface area contributed by atoms with E-state index in [0.717, 1.165) is 12.0 Å². The molecule has 1 N–H and O–H groups in total. The van der Waals surface area contributed by atoms with Crippen LogP contribution in [0.4, 0.5) is 0 Å². The SMILES string of the molecule is Cc1cccc(C(=O)N2CC[C@@]3(CCCN3S(C)(=O)=O)[C@@H](O)C2)c1. The van der Waals surface area contributed by atoms with Gasteiger partial charge in [0.15, 0.2) is 0 Å². The van der Waals surface area contributed by atoms with E-state index >= 15 is 0 Å². The van der Waals surface area contributed by atoms with E-state index in [1.165, 1.54) is 10.6 Å². The van der Waals surface area contributed by atoms with Crippen LogP contribution in [0.15, 0.2) is 24.3 Å². The zero-order valence-corrected chi connectivity index (χ0v) is 14.9. The summed E-state index contributed by atoms with van der Waals surface area (Å²) in [4.78, 5) is 14.3. The predicted molar refractivity (Wildman–Crippen MR) is 91.2 cm³/mol. The van der Waals surface area contributed by atoms with E-state index in [1.807, 2.05) is 25.1 Å². The maximum atomic E-state index is 12.7. The van der Waals surface area contributed by atoms with Gasteiger partial charge in [0, 0.05) is 25.2 Å². The molecular formula is C17H24N2O4S. The van der Waals surface area contributed by atoms with Crippen molar-refractivity contribution >= 4 is 15.9 Å². The second-order valence-electron chi connectivity index (χ2n) is 6.93. The van der Waals surface area contributed by atoms with Gasteiger partial charge >= 0.3 is 0 Å². The van der Waals surface area contributed by atoms with Crippen molar-refractivity contribution in [1.29, 1.82) is 0 Å². The number of benzene rings is 1. The summed E-state index contributed by atoms with van der Waals surface area (Å²) in [5.41, 5.74) is 0.857. The summed E-state index contributed by atoms with van der Waals surface area (Å²) in [5.74, 6) is -0.114. The molecule has 6 nitrogen and oxygen atoms in total. The molecule has 2 aliphatic heterocycles. The molecule has 3 rings (SSSR count). The van der Waals surface area contributed by atoms with E-state index in [2.05, 4.69) is 0 Å². The van der Waals surface area contributed by atoms with Gasteiger partial charge in [-0.05, 0) is 38.3 Å². The van der Waals surface area contributed by atoms with Crippen molar-refractivity contribution in [3.8, 4) is 0 Å². The number of aryl methyl sites for hydroxylation is 1. The van der Waals surface area contributed by atoms with Gasteiger partial charge in [-0.1, -0.05) is 17.7 Å². The topological polar surface area (TPSA) is 77.9 Å². The van der Waals surface area contributed by atoms with Crippen LogP contribution in [0.1, 0.15) is 35.2 Å². The predicted octanol–water partition coefficient (Wildman–Crippen LogP) is 0.996. The minimum Gasteiger partial charge on any atom is -0.389 e. The molecular weight excluding hydrogens is 328 g/mol. The summed E-state index contributed by atoms with van der Waals surface area (Å²) in [7, 11) is -3.37. The lowest BCUT2D eigenvalue weighted by atomic mass is 9.83. The Morgan fingerprint density at radius 1 is 1.29 bits per heavy atom. The van der Waals surface area contributed by atoms with Crippen LogP contribution in [0.2, 0.25) is 0 Å². The Bertz CT molecular complexity index is 749. The van der Waals surface area contributed by atoms with Crippen LogP contribution < -0.4 is 0 Å². The Labute approximate surface area is 143 Å². The molecule has 24 heavy (non-hydrogen) atoms. The number of hydrogen-bond donors (Lipinski definition) is 1. The first-order valence-corrected chi connectivity index (χ1v) is 10.1. The van der Waals surface area contributed by atoms with Crippen molar-refractivity contribution in [2.24, 2.45) is 0 Å². The smallest absolute Gasteiger partial charge is 0.253 e. The molecule has 2 heterocycles. The van der Waals surface area contributed by atoms with Crippen molar-refractivity contribution in [2.45, 2.75) is 37.8 Å². The number of carbonyl (C=O) groups is 1. The van der Waals surface area contributed by atoms with Gasteiger partial charge in [-0.3, -0.25) is 4.79 Å². The third-order valence-corrected chi connectivity index (χ3v) is 6.60. The van der Waals surface area contributed by atoms with E-state index in [0.29, 0.717) is 31.5 Å². The van der Waals surface area contributed by atoms with Gasteiger partial charge in [0.05, 0.1) is 17.9 Å². The maximum absolute atomic E-state index is 12.7. The van der Waals surface area contributed by atoms with Gasteiger partial charge < -0.3 is 10.0 Å². The van der Waals surface area contributed by atoms with E-state index in [1.54, 1.807) is 11.0 Å². The third kappa shape index (κ3) is 2.96. The normalized spacial score (nSPS) is 28.5. The molecule has 7 heteroatoms. The number of nitrogens with zero attached hydrogens (tertiary/aromatic N) is 2. The van der Waals surface area contributed by atoms with Crippen molar-refractivity contribution in [2.75, 3.05) is 25.9 Å². The highest BCUT2D eigenvalue weighted by Crippen LogP contribution is 2.40. The number of rotatable bonds is 2. The molecule has 0 aromatic heterocycles. The summed E-state index contributed by atoms with van der Waals surface area (Å²) in [6, 6.07) is 7.37. The average Bonchev–Trinajstić information content (AvgIpc) is 2.94. The Morgan fingerprint density at radius 2 is 2.04 bits per heavy atom. The summed E-state index contributed by atoms with van der Waals surface area (Å²) in [5, 5.41) is 10.7. The molecule has 2 saturated heterocycles. The van der Waals surface area contributed by atoms with E-state index in [-0.39, 0.29) is 12.5 Å². The molecule has 2 aliphatic rings. The molecule has 0 unspecified atom stereocenters. The van der Waals surface area contributed by atoms with Gasteiger partial charge in [0.2, 0.25) is 10.0 Å². The minimum atomic E-state index is -3.37. The molecule has 0 aliphatic carbocycles. The number of β-amino-alcohol motifs (C(OH)–C–C–N with tert-alkyl or cyclic N) is 1. The van der Waals surface area contributed by atoms with Crippen LogP contribution in [0, 0.1) is 6.92 Å². The number of aliphatic hydroxyl groups is 1. The Hall–Kier alpha value is -1.44. The quantitative estimate of drug-likeness (QED) is 0.861. The van der Waals surface area contributed by atoms with Crippen molar-refractivity contribution in [3.63, 3.8) is 0 Å². The van der Waals surface area contributed by atoms with Gasteiger partial charge in [-0.15, -0.1) is 0 Å². The lowest BCUT2D eigenvalue weighted by molar-refractivity contribution is -0.0292. The van der Waals surface area contributed by atoms with Crippen LogP contribution in [0.25, 0.3) is 0 Å². The zero-order valence-electron chi connectivity index (χ0n) is 14.1. The number of hydrogen-bond acceptors (Lipinski definition) is 4. The summed E-state index contributed by atoms with van der Waals surface area (Å²) in [6.07, 6.45) is 2.19. The molecule has 1 spiro atoms. The van der Waals surface area contributed by atoms with Crippen LogP contribution >= 0.6 is 0 Å². The Balaban J connectivity index is 1.79. The maximum Gasteiger partial charge on any atom is 0.253 e. The molecule has 1 aromatic rings. The van der Waals surface area contributed by atoms with Crippen molar-refractivity contribution < 1.29 is 18.3 Å². The van der Waals surface area contributed by atoms with Crippen molar-refractivity contribution in [1.82, 2.24) is 9.21 Å².